The predicted molar refractivity (Wildman–Crippen MR) is 119 cm³/mol. The van der Waals surface area contributed by atoms with Crippen molar-refractivity contribution in [2.75, 3.05) is 0 Å². The van der Waals surface area contributed by atoms with Crippen molar-refractivity contribution in [2.24, 2.45) is 46.3 Å². The molecule has 4 aliphatic carbocycles. The Morgan fingerprint density at radius 2 is 1.68 bits per heavy atom. The van der Waals surface area contributed by atoms with Crippen LogP contribution < -0.4 is 0 Å². The Bertz CT molecular complexity index is 591. The van der Waals surface area contributed by atoms with Crippen LogP contribution in [-0.2, 0) is 0 Å². The molecule has 0 bridgehead atoms. The predicted octanol–water partition coefficient (Wildman–Crippen LogP) is 7.39. The van der Waals surface area contributed by atoms with Crippen LogP contribution in [0, 0.1) is 46.3 Å². The molecule has 1 nitrogen and oxygen atoms in total. The first kappa shape index (κ1) is 21.0. The summed E-state index contributed by atoms with van der Waals surface area (Å²) in [6.07, 6.45) is 17.2. The summed E-state index contributed by atoms with van der Waals surface area (Å²) in [7, 11) is 0. The molecule has 3 saturated carbocycles. The van der Waals surface area contributed by atoms with Crippen molar-refractivity contribution in [1.29, 1.82) is 0 Å². The number of hydrogen-bond donors (Lipinski definition) is 1. The van der Waals surface area contributed by atoms with Gasteiger partial charge in [-0.15, -0.1) is 0 Å². The molecular formula is C27H46O. The summed E-state index contributed by atoms with van der Waals surface area (Å²) in [5.74, 6) is 5.07. The van der Waals surface area contributed by atoms with E-state index in [9.17, 15) is 5.11 Å². The summed E-state index contributed by atoms with van der Waals surface area (Å²) < 4.78 is 0. The van der Waals surface area contributed by atoms with Crippen LogP contribution in [0.3, 0.4) is 0 Å². The fourth-order valence-corrected chi connectivity index (χ4v) is 8.51. The maximum Gasteiger partial charge on any atom is 0.0543 e. The second-order valence-electron chi connectivity index (χ2n) is 12.2. The van der Waals surface area contributed by atoms with E-state index in [-0.39, 0.29) is 6.10 Å². The van der Waals surface area contributed by atoms with Gasteiger partial charge in [0.15, 0.2) is 0 Å². The number of fused-ring (bicyclic) bond motifs is 5. The van der Waals surface area contributed by atoms with E-state index in [0.29, 0.717) is 10.8 Å². The van der Waals surface area contributed by atoms with Crippen LogP contribution in [0.15, 0.2) is 11.6 Å². The largest absolute Gasteiger partial charge is 0.393 e. The van der Waals surface area contributed by atoms with E-state index in [2.05, 4.69) is 40.7 Å². The van der Waals surface area contributed by atoms with E-state index in [1.54, 1.807) is 0 Å². The third-order valence-electron chi connectivity index (χ3n) is 10.3. The lowest BCUT2D eigenvalue weighted by Crippen LogP contribution is -2.49. The van der Waals surface area contributed by atoms with E-state index in [4.69, 9.17) is 0 Å². The average Bonchev–Trinajstić information content (AvgIpc) is 2.99. The molecule has 0 aromatic rings. The number of hydrogen-bond acceptors (Lipinski definition) is 1. The minimum absolute atomic E-state index is 0.0376. The zero-order valence-electron chi connectivity index (χ0n) is 19.3. The van der Waals surface area contributed by atoms with Gasteiger partial charge in [0.25, 0.3) is 0 Å². The van der Waals surface area contributed by atoms with Crippen LogP contribution in [0.1, 0.15) is 105 Å². The summed E-state index contributed by atoms with van der Waals surface area (Å²) in [6, 6.07) is 0. The van der Waals surface area contributed by atoms with Gasteiger partial charge in [0.1, 0.15) is 0 Å². The van der Waals surface area contributed by atoms with Crippen molar-refractivity contribution >= 4 is 0 Å². The average molecular weight is 387 g/mol. The molecule has 8 atom stereocenters. The maximum absolute atomic E-state index is 10.2. The highest BCUT2D eigenvalue weighted by molar-refractivity contribution is 5.27. The Kier molecular flexibility index (Phi) is 5.80. The molecule has 0 aromatic carbocycles. The highest BCUT2D eigenvalue weighted by atomic mass is 16.3. The topological polar surface area (TPSA) is 20.2 Å². The maximum atomic E-state index is 10.2. The fraction of sp³-hybridized carbons (Fsp3) is 0.926. The molecule has 0 amide bonds. The Morgan fingerprint density at radius 1 is 0.964 bits per heavy atom. The molecule has 0 spiro atoms. The van der Waals surface area contributed by atoms with Gasteiger partial charge in [0, 0.05) is 0 Å². The highest BCUT2D eigenvalue weighted by Gasteiger charge is 2.58. The number of rotatable bonds is 5. The second kappa shape index (κ2) is 7.75. The SMILES string of the molecule is CC(C)CCC[C@H](C)[C@H]1CC[C@H]2C3=CC[C@H]4C[C@@H](O)CC[C@]4(C)[C@@H]3CC[C@]12C. The van der Waals surface area contributed by atoms with E-state index in [1.165, 1.54) is 57.8 Å². The second-order valence-corrected chi connectivity index (χ2v) is 12.2. The Morgan fingerprint density at radius 3 is 2.43 bits per heavy atom. The van der Waals surface area contributed by atoms with Crippen LogP contribution >= 0.6 is 0 Å². The normalized spacial score (nSPS) is 46.5. The summed E-state index contributed by atoms with van der Waals surface area (Å²) in [4.78, 5) is 0. The lowest BCUT2D eigenvalue weighted by atomic mass is 9.47. The zero-order valence-corrected chi connectivity index (χ0v) is 19.3. The van der Waals surface area contributed by atoms with Crippen molar-refractivity contribution in [2.45, 2.75) is 111 Å². The van der Waals surface area contributed by atoms with Gasteiger partial charge < -0.3 is 5.11 Å². The van der Waals surface area contributed by atoms with Gasteiger partial charge in [-0.25, -0.2) is 0 Å². The highest BCUT2D eigenvalue weighted by Crippen LogP contribution is 2.66. The Hall–Kier alpha value is -0.300. The van der Waals surface area contributed by atoms with E-state index in [0.717, 1.165) is 48.3 Å². The van der Waals surface area contributed by atoms with Gasteiger partial charge in [0.05, 0.1) is 6.10 Å². The first-order chi connectivity index (χ1) is 13.3. The molecule has 0 radical (unpaired) electrons. The molecule has 160 valence electrons. The summed E-state index contributed by atoms with van der Waals surface area (Å²) in [5, 5.41) is 10.2. The molecule has 0 heterocycles. The Balaban J connectivity index is 1.50. The molecule has 28 heavy (non-hydrogen) atoms. The summed E-state index contributed by atoms with van der Waals surface area (Å²) in [5.41, 5.74) is 2.89. The molecule has 4 rings (SSSR count). The number of allylic oxidation sites excluding steroid dienone is 2. The molecule has 0 unspecified atom stereocenters. The third-order valence-corrected chi connectivity index (χ3v) is 10.3. The van der Waals surface area contributed by atoms with Crippen LogP contribution in [0.5, 0.6) is 0 Å². The van der Waals surface area contributed by atoms with Crippen LogP contribution in [0.4, 0.5) is 0 Å². The van der Waals surface area contributed by atoms with Gasteiger partial charge in [-0.3, -0.25) is 0 Å². The minimum Gasteiger partial charge on any atom is -0.393 e. The van der Waals surface area contributed by atoms with Gasteiger partial charge in [-0.05, 0) is 97.7 Å². The first-order valence-electron chi connectivity index (χ1n) is 12.6. The smallest absolute Gasteiger partial charge is 0.0543 e. The standard InChI is InChI=1S/C27H46O/c1-18(2)7-6-8-19(3)23-11-12-24-22-10-9-20-17-21(28)13-15-26(20,4)25(22)14-16-27(23,24)5/h10,18-21,23-25,28H,6-9,11-17H2,1-5H3/t19-,20-,21-,23+,24-,25+,26-,27+/m0/s1. The molecule has 4 aliphatic rings. The molecular weight excluding hydrogens is 340 g/mol. The molecule has 1 heteroatoms. The van der Waals surface area contributed by atoms with Gasteiger partial charge >= 0.3 is 0 Å². The minimum atomic E-state index is -0.0376. The molecule has 3 fully saturated rings. The number of aliphatic hydroxyl groups is 1. The number of aliphatic hydroxyl groups excluding tert-OH is 1. The van der Waals surface area contributed by atoms with Crippen LogP contribution in [-0.4, -0.2) is 11.2 Å². The Labute approximate surface area is 174 Å². The molecule has 0 saturated heterocycles. The van der Waals surface area contributed by atoms with Gasteiger partial charge in [-0.2, -0.15) is 0 Å². The van der Waals surface area contributed by atoms with Crippen molar-refractivity contribution < 1.29 is 5.11 Å². The first-order valence-corrected chi connectivity index (χ1v) is 12.6. The van der Waals surface area contributed by atoms with E-state index >= 15 is 0 Å². The van der Waals surface area contributed by atoms with Crippen LogP contribution in [0.2, 0.25) is 0 Å². The van der Waals surface area contributed by atoms with Gasteiger partial charge in [-0.1, -0.05) is 65.5 Å². The van der Waals surface area contributed by atoms with Crippen LogP contribution in [0.25, 0.3) is 0 Å². The van der Waals surface area contributed by atoms with Crippen molar-refractivity contribution in [3.63, 3.8) is 0 Å². The van der Waals surface area contributed by atoms with E-state index in [1.807, 2.05) is 5.57 Å². The van der Waals surface area contributed by atoms with Crippen molar-refractivity contribution in [3.05, 3.63) is 11.6 Å². The summed E-state index contributed by atoms with van der Waals surface area (Å²) in [6.45, 7) is 12.6. The lowest BCUT2D eigenvalue weighted by Gasteiger charge is -2.57. The zero-order chi connectivity index (χ0) is 20.1. The van der Waals surface area contributed by atoms with Gasteiger partial charge in [0.2, 0.25) is 0 Å². The molecule has 0 aliphatic heterocycles. The van der Waals surface area contributed by atoms with Crippen molar-refractivity contribution in [3.8, 4) is 0 Å². The monoisotopic (exact) mass is 386 g/mol. The lowest BCUT2D eigenvalue weighted by molar-refractivity contribution is -0.0427. The fourth-order valence-electron chi connectivity index (χ4n) is 8.51. The molecule has 1 N–H and O–H groups in total. The quantitative estimate of drug-likeness (QED) is 0.488. The van der Waals surface area contributed by atoms with Crippen molar-refractivity contribution in [1.82, 2.24) is 0 Å². The van der Waals surface area contributed by atoms with E-state index < -0.39 is 0 Å². The summed E-state index contributed by atoms with van der Waals surface area (Å²) >= 11 is 0. The molecule has 0 aromatic heterocycles. The third kappa shape index (κ3) is 3.42.